The van der Waals surface area contributed by atoms with Gasteiger partial charge in [-0.3, -0.25) is 9.22 Å². The van der Waals surface area contributed by atoms with E-state index in [2.05, 4.69) is 41.8 Å². The molecule has 4 rings (SSSR count). The van der Waals surface area contributed by atoms with E-state index < -0.39 is 11.1 Å². The average molecular weight is 413 g/mol. The number of hydrogen-bond acceptors (Lipinski definition) is 4. The van der Waals surface area contributed by atoms with Crippen LogP contribution in [-0.4, -0.2) is 43.7 Å². The van der Waals surface area contributed by atoms with Gasteiger partial charge in [0.15, 0.2) is 0 Å². The number of rotatable bonds is 9. The van der Waals surface area contributed by atoms with Crippen molar-refractivity contribution in [2.45, 2.75) is 37.6 Å². The molecular formula is C22H26N3O3S-. The van der Waals surface area contributed by atoms with Crippen LogP contribution in [-0.2, 0) is 17.5 Å². The number of nitrogens with one attached hydrogen (secondary N) is 1. The molecule has 2 aromatic carbocycles. The third-order valence-corrected chi connectivity index (χ3v) is 6.02. The fourth-order valence-corrected chi connectivity index (χ4v) is 4.20. The lowest BCUT2D eigenvalue weighted by molar-refractivity contribution is 0.174. The second-order valence-electron chi connectivity index (χ2n) is 7.74. The third kappa shape index (κ3) is 5.04. The fourth-order valence-electron chi connectivity index (χ4n) is 3.94. The van der Waals surface area contributed by atoms with E-state index in [1.54, 1.807) is 0 Å². The Bertz CT molecular complexity index is 855. The van der Waals surface area contributed by atoms with Gasteiger partial charge in [0.2, 0.25) is 0 Å². The predicted octanol–water partition coefficient (Wildman–Crippen LogP) is 3.32. The maximum atomic E-state index is 12.9. The molecule has 1 N–H and O–H groups in total. The van der Waals surface area contributed by atoms with Crippen LogP contribution in [0, 0.1) is 0 Å². The summed E-state index contributed by atoms with van der Waals surface area (Å²) in [6.07, 6.45) is 4.28. The molecule has 6 nitrogen and oxygen atoms in total. The number of aryl methyl sites for hydroxylation is 1. The smallest absolute Gasteiger partial charge is 0.335 e. The van der Waals surface area contributed by atoms with Crippen molar-refractivity contribution in [1.29, 1.82) is 0 Å². The molecular weight excluding hydrogens is 386 g/mol. The second kappa shape index (κ2) is 9.07. The van der Waals surface area contributed by atoms with Crippen LogP contribution in [0.1, 0.15) is 47.9 Å². The predicted molar refractivity (Wildman–Crippen MR) is 112 cm³/mol. The number of carbonyl (C=O) groups is 1. The molecule has 2 fully saturated rings. The zero-order valence-electron chi connectivity index (χ0n) is 16.3. The van der Waals surface area contributed by atoms with E-state index in [0.717, 1.165) is 18.4 Å². The molecule has 154 valence electrons. The first kappa shape index (κ1) is 20.1. The van der Waals surface area contributed by atoms with Crippen molar-refractivity contribution < 1.29 is 13.6 Å². The van der Waals surface area contributed by atoms with Gasteiger partial charge in [0, 0.05) is 6.54 Å². The Balaban J connectivity index is 1.45. The Morgan fingerprint density at radius 1 is 1.03 bits per heavy atom. The van der Waals surface area contributed by atoms with Gasteiger partial charge in [-0.05, 0) is 59.4 Å². The van der Waals surface area contributed by atoms with Gasteiger partial charge in [0.1, 0.15) is 0 Å². The summed E-state index contributed by atoms with van der Waals surface area (Å²) >= 11 is -2.25. The Morgan fingerprint density at radius 2 is 1.72 bits per heavy atom. The van der Waals surface area contributed by atoms with Crippen molar-refractivity contribution in [2.75, 3.05) is 19.0 Å². The molecule has 0 spiro atoms. The highest BCUT2D eigenvalue weighted by atomic mass is 32.2. The molecule has 2 aromatic rings. The summed E-state index contributed by atoms with van der Waals surface area (Å²) in [4.78, 5) is 14.8. The Hall–Kier alpha value is -2.22. The Labute approximate surface area is 174 Å². The van der Waals surface area contributed by atoms with E-state index in [-0.39, 0.29) is 17.9 Å². The molecule has 2 aliphatic rings. The molecule has 1 saturated carbocycles. The van der Waals surface area contributed by atoms with Crippen molar-refractivity contribution in [3.05, 3.63) is 71.3 Å². The standard InChI is InChI=1S/C22H27N3O3S/c26-22-24(14-4-7-17-5-2-1-3-6-17)21(15-25(22)23-16-29(27)28)20-12-10-19(11-13-20)18-8-9-18/h1-3,5-6,10-13,18,21,23H,4,7-9,14-16H2,(H,27,28)/p-1/t21-/m0/s1. The van der Waals surface area contributed by atoms with Crippen molar-refractivity contribution >= 4 is 17.1 Å². The van der Waals surface area contributed by atoms with Gasteiger partial charge in [-0.25, -0.2) is 10.2 Å². The molecule has 1 aliphatic carbocycles. The molecule has 1 saturated heterocycles. The minimum absolute atomic E-state index is 0.0842. The third-order valence-electron chi connectivity index (χ3n) is 5.66. The molecule has 1 aliphatic heterocycles. The van der Waals surface area contributed by atoms with E-state index in [9.17, 15) is 13.6 Å². The van der Waals surface area contributed by atoms with E-state index >= 15 is 0 Å². The minimum atomic E-state index is -2.25. The number of carbonyl (C=O) groups excluding carboxylic acids is 1. The summed E-state index contributed by atoms with van der Waals surface area (Å²) in [5.41, 5.74) is 6.45. The lowest BCUT2D eigenvalue weighted by Gasteiger charge is -2.23. The van der Waals surface area contributed by atoms with Crippen LogP contribution in [0.3, 0.4) is 0 Å². The molecule has 2 amide bonds. The Kier molecular flexibility index (Phi) is 6.28. The summed E-state index contributed by atoms with van der Waals surface area (Å²) < 4.78 is 21.8. The van der Waals surface area contributed by atoms with E-state index in [1.807, 2.05) is 23.1 Å². The van der Waals surface area contributed by atoms with Gasteiger partial charge in [-0.2, -0.15) is 0 Å². The zero-order valence-corrected chi connectivity index (χ0v) is 17.1. The van der Waals surface area contributed by atoms with Crippen LogP contribution in [0.25, 0.3) is 0 Å². The minimum Gasteiger partial charge on any atom is -0.771 e. The lowest BCUT2D eigenvalue weighted by atomic mass is 10.0. The fraction of sp³-hybridized carbons (Fsp3) is 0.409. The maximum Gasteiger partial charge on any atom is 0.335 e. The first-order chi connectivity index (χ1) is 14.1. The topological polar surface area (TPSA) is 75.7 Å². The van der Waals surface area contributed by atoms with Gasteiger partial charge in [-0.1, -0.05) is 54.6 Å². The molecule has 1 heterocycles. The Morgan fingerprint density at radius 3 is 2.38 bits per heavy atom. The summed E-state index contributed by atoms with van der Waals surface area (Å²) in [7, 11) is 0. The first-order valence-corrected chi connectivity index (χ1v) is 11.4. The van der Waals surface area contributed by atoms with Crippen molar-refractivity contribution in [3.8, 4) is 0 Å². The van der Waals surface area contributed by atoms with Crippen molar-refractivity contribution in [1.82, 2.24) is 15.3 Å². The molecule has 0 aromatic heterocycles. The molecule has 29 heavy (non-hydrogen) atoms. The molecule has 0 radical (unpaired) electrons. The summed E-state index contributed by atoms with van der Waals surface area (Å²) in [5, 5.41) is 1.43. The summed E-state index contributed by atoms with van der Waals surface area (Å²) in [5.74, 6) is 0.429. The number of urea groups is 1. The zero-order chi connectivity index (χ0) is 20.2. The number of hydrogen-bond donors (Lipinski definition) is 1. The van der Waals surface area contributed by atoms with Gasteiger partial charge in [0.05, 0.1) is 18.5 Å². The van der Waals surface area contributed by atoms with Gasteiger partial charge >= 0.3 is 6.03 Å². The molecule has 1 unspecified atom stereocenters. The number of nitrogens with zero attached hydrogens (tertiary/aromatic N) is 2. The SMILES string of the molecule is O=C1N(NCS(=O)[O-])C[C@@H](c2ccc(C3CC3)cc2)N1CCCc1ccccc1. The van der Waals surface area contributed by atoms with Crippen molar-refractivity contribution in [3.63, 3.8) is 0 Å². The van der Waals surface area contributed by atoms with Crippen LogP contribution < -0.4 is 5.43 Å². The first-order valence-electron chi connectivity index (χ1n) is 10.1. The van der Waals surface area contributed by atoms with Crippen LogP contribution >= 0.6 is 0 Å². The van der Waals surface area contributed by atoms with Crippen LogP contribution in [0.15, 0.2) is 54.6 Å². The highest BCUT2D eigenvalue weighted by molar-refractivity contribution is 7.79. The summed E-state index contributed by atoms with van der Waals surface area (Å²) in [6.45, 7) is 1.06. The van der Waals surface area contributed by atoms with Crippen LogP contribution in [0.2, 0.25) is 0 Å². The normalized spacial score (nSPS) is 20.3. The largest absolute Gasteiger partial charge is 0.771 e. The maximum absolute atomic E-state index is 12.9. The van der Waals surface area contributed by atoms with Gasteiger partial charge < -0.3 is 9.45 Å². The van der Waals surface area contributed by atoms with E-state index in [1.165, 1.54) is 29.0 Å². The molecule has 0 bridgehead atoms. The van der Waals surface area contributed by atoms with Gasteiger partial charge in [-0.15, -0.1) is 0 Å². The van der Waals surface area contributed by atoms with E-state index in [4.69, 9.17) is 0 Å². The number of amides is 2. The van der Waals surface area contributed by atoms with Gasteiger partial charge in [0.25, 0.3) is 0 Å². The molecule has 2 atom stereocenters. The van der Waals surface area contributed by atoms with Crippen LogP contribution in [0.4, 0.5) is 4.79 Å². The lowest BCUT2D eigenvalue weighted by Crippen LogP contribution is -2.43. The highest BCUT2D eigenvalue weighted by Crippen LogP contribution is 2.40. The molecule has 7 heteroatoms. The monoisotopic (exact) mass is 412 g/mol. The second-order valence-corrected chi connectivity index (χ2v) is 8.63. The quantitative estimate of drug-likeness (QED) is 0.641. The number of benzene rings is 2. The van der Waals surface area contributed by atoms with Crippen LogP contribution in [0.5, 0.6) is 0 Å². The van der Waals surface area contributed by atoms with E-state index in [0.29, 0.717) is 19.0 Å². The summed E-state index contributed by atoms with van der Waals surface area (Å²) in [6, 6.07) is 18.6. The average Bonchev–Trinajstić information content (AvgIpc) is 3.53. The van der Waals surface area contributed by atoms with Crippen molar-refractivity contribution in [2.24, 2.45) is 0 Å². The number of hydrazine groups is 1. The highest BCUT2D eigenvalue weighted by Gasteiger charge is 2.38.